The van der Waals surface area contributed by atoms with Crippen molar-refractivity contribution in [3.63, 3.8) is 0 Å². The van der Waals surface area contributed by atoms with Gasteiger partial charge in [0, 0.05) is 36.1 Å². The van der Waals surface area contributed by atoms with Crippen molar-refractivity contribution in [2.24, 2.45) is 0 Å². The first kappa shape index (κ1) is 14.9. The number of nitrogens with one attached hydrogen (secondary N) is 1. The summed E-state index contributed by atoms with van der Waals surface area (Å²) >= 11 is 0.566. The summed E-state index contributed by atoms with van der Waals surface area (Å²) < 4.78 is 26.6. The summed E-state index contributed by atoms with van der Waals surface area (Å²) in [5, 5.41) is 3.29. The Morgan fingerprint density at radius 2 is 1.95 bits per heavy atom. The van der Waals surface area contributed by atoms with Gasteiger partial charge in [-0.1, -0.05) is 18.7 Å². The van der Waals surface area contributed by atoms with Gasteiger partial charge in [0.2, 0.25) is 0 Å². The van der Waals surface area contributed by atoms with Crippen LogP contribution in [-0.4, -0.2) is 10.3 Å². The highest BCUT2D eigenvalue weighted by atomic mass is 32.2. The molecule has 0 aliphatic heterocycles. The predicted octanol–water partition coefficient (Wildman–Crippen LogP) is 4.82. The monoisotopic (exact) mass is 296 g/mol. The highest BCUT2D eigenvalue weighted by Gasteiger charge is 2.04. The van der Waals surface area contributed by atoms with E-state index in [1.165, 1.54) is 5.56 Å². The zero-order chi connectivity index (χ0) is 14.4. The highest BCUT2D eigenvalue weighted by molar-refractivity contribution is 7.99. The standard InChI is InChI=1S/C15H18F2N2S/c1-2-8-19-9-7-12(11-19)10-18-13-3-5-14(6-4-13)20-15(16)17/h3-7,9,11,15,18H,2,8,10H2,1H3. The molecular weight excluding hydrogens is 278 g/mol. The van der Waals surface area contributed by atoms with Gasteiger partial charge in [-0.25, -0.2) is 0 Å². The fourth-order valence-corrected chi connectivity index (χ4v) is 2.45. The van der Waals surface area contributed by atoms with Crippen molar-refractivity contribution in [3.05, 3.63) is 48.3 Å². The first-order valence-corrected chi connectivity index (χ1v) is 7.48. The molecule has 1 aromatic carbocycles. The second-order valence-electron chi connectivity index (χ2n) is 4.51. The summed E-state index contributed by atoms with van der Waals surface area (Å²) in [6, 6.07) is 9.16. The number of nitrogens with zero attached hydrogens (tertiary/aromatic N) is 1. The fourth-order valence-electron chi connectivity index (χ4n) is 1.95. The molecule has 0 radical (unpaired) electrons. The third-order valence-electron chi connectivity index (χ3n) is 2.87. The van der Waals surface area contributed by atoms with Crippen LogP contribution in [0.3, 0.4) is 0 Å². The van der Waals surface area contributed by atoms with Gasteiger partial charge in [-0.3, -0.25) is 0 Å². The molecule has 2 rings (SSSR count). The van der Waals surface area contributed by atoms with E-state index >= 15 is 0 Å². The van der Waals surface area contributed by atoms with E-state index in [4.69, 9.17) is 0 Å². The Morgan fingerprint density at radius 3 is 2.60 bits per heavy atom. The van der Waals surface area contributed by atoms with Crippen molar-refractivity contribution in [3.8, 4) is 0 Å². The van der Waals surface area contributed by atoms with E-state index in [9.17, 15) is 8.78 Å². The maximum Gasteiger partial charge on any atom is 0.288 e. The van der Waals surface area contributed by atoms with Crippen LogP contribution >= 0.6 is 11.8 Å². The largest absolute Gasteiger partial charge is 0.381 e. The molecule has 0 unspecified atom stereocenters. The van der Waals surface area contributed by atoms with Crippen molar-refractivity contribution >= 4 is 17.4 Å². The first-order valence-electron chi connectivity index (χ1n) is 6.61. The zero-order valence-corrected chi connectivity index (χ0v) is 12.2. The third kappa shape index (κ3) is 4.56. The molecule has 0 fully saturated rings. The maximum absolute atomic E-state index is 12.2. The van der Waals surface area contributed by atoms with Crippen LogP contribution in [0.15, 0.2) is 47.6 Å². The molecule has 108 valence electrons. The molecular formula is C15H18F2N2S. The van der Waals surface area contributed by atoms with Crippen LogP contribution in [0, 0.1) is 0 Å². The molecule has 0 amide bonds. The van der Waals surface area contributed by atoms with Gasteiger partial charge in [0.15, 0.2) is 0 Å². The number of alkyl halides is 2. The summed E-state index contributed by atoms with van der Waals surface area (Å²) in [4.78, 5) is 0.583. The third-order valence-corrected chi connectivity index (χ3v) is 3.59. The molecule has 20 heavy (non-hydrogen) atoms. The molecule has 2 nitrogen and oxygen atoms in total. The van der Waals surface area contributed by atoms with E-state index in [1.54, 1.807) is 12.1 Å². The van der Waals surface area contributed by atoms with Gasteiger partial charge < -0.3 is 9.88 Å². The van der Waals surface area contributed by atoms with Crippen LogP contribution < -0.4 is 5.32 Å². The smallest absolute Gasteiger partial charge is 0.288 e. The van der Waals surface area contributed by atoms with Gasteiger partial charge in [0.05, 0.1) is 0 Å². The van der Waals surface area contributed by atoms with Gasteiger partial charge >= 0.3 is 0 Å². The Morgan fingerprint density at radius 1 is 1.20 bits per heavy atom. The average molecular weight is 296 g/mol. The maximum atomic E-state index is 12.2. The molecule has 0 bridgehead atoms. The van der Waals surface area contributed by atoms with Crippen molar-refractivity contribution in [1.82, 2.24) is 4.57 Å². The van der Waals surface area contributed by atoms with Crippen molar-refractivity contribution in [1.29, 1.82) is 0 Å². The van der Waals surface area contributed by atoms with Crippen LogP contribution in [0.2, 0.25) is 0 Å². The minimum atomic E-state index is -2.37. The molecule has 0 saturated carbocycles. The second-order valence-corrected chi connectivity index (χ2v) is 5.58. The van der Waals surface area contributed by atoms with Crippen LogP contribution in [0.5, 0.6) is 0 Å². The van der Waals surface area contributed by atoms with Crippen LogP contribution in [0.25, 0.3) is 0 Å². The number of halogens is 2. The topological polar surface area (TPSA) is 17.0 Å². The second kappa shape index (κ2) is 7.33. The number of hydrogen-bond acceptors (Lipinski definition) is 2. The van der Waals surface area contributed by atoms with Gasteiger partial charge in [0.1, 0.15) is 0 Å². The number of aryl methyl sites for hydroxylation is 1. The van der Waals surface area contributed by atoms with Crippen LogP contribution in [-0.2, 0) is 13.1 Å². The molecule has 0 saturated heterocycles. The molecule has 0 aliphatic carbocycles. The summed E-state index contributed by atoms with van der Waals surface area (Å²) in [7, 11) is 0. The number of aromatic nitrogens is 1. The molecule has 5 heteroatoms. The summed E-state index contributed by atoms with van der Waals surface area (Å²) in [6.45, 7) is 3.91. The van der Waals surface area contributed by atoms with E-state index < -0.39 is 5.76 Å². The minimum Gasteiger partial charge on any atom is -0.381 e. The van der Waals surface area contributed by atoms with Crippen molar-refractivity contribution in [2.75, 3.05) is 5.32 Å². The lowest BCUT2D eigenvalue weighted by Crippen LogP contribution is -1.98. The van der Waals surface area contributed by atoms with Gasteiger partial charge in [-0.15, -0.1) is 0 Å². The SMILES string of the molecule is CCCn1ccc(CNc2ccc(SC(F)F)cc2)c1. The number of benzene rings is 1. The Labute approximate surface area is 122 Å². The molecule has 0 spiro atoms. The fraction of sp³-hybridized carbons (Fsp3) is 0.333. The quantitative estimate of drug-likeness (QED) is 0.737. The zero-order valence-electron chi connectivity index (χ0n) is 11.4. The van der Waals surface area contributed by atoms with Crippen molar-refractivity contribution in [2.45, 2.75) is 37.1 Å². The summed E-state index contributed by atoms with van der Waals surface area (Å²) in [6.07, 6.45) is 5.31. The highest BCUT2D eigenvalue weighted by Crippen LogP contribution is 2.26. The van der Waals surface area contributed by atoms with E-state index in [2.05, 4.69) is 35.3 Å². The number of hydrogen-bond donors (Lipinski definition) is 1. The van der Waals surface area contributed by atoms with Gasteiger partial charge in [-0.2, -0.15) is 8.78 Å². The Bertz CT molecular complexity index is 523. The molecule has 0 aliphatic rings. The lowest BCUT2D eigenvalue weighted by Gasteiger charge is -2.06. The van der Waals surface area contributed by atoms with Crippen LogP contribution in [0.4, 0.5) is 14.5 Å². The van der Waals surface area contributed by atoms with E-state index in [0.717, 1.165) is 25.2 Å². The van der Waals surface area contributed by atoms with Gasteiger partial charge in [-0.05, 0) is 42.3 Å². The first-order chi connectivity index (χ1) is 9.67. The average Bonchev–Trinajstić information content (AvgIpc) is 2.86. The lowest BCUT2D eigenvalue weighted by atomic mass is 10.3. The minimum absolute atomic E-state index is 0.566. The van der Waals surface area contributed by atoms with E-state index in [-0.39, 0.29) is 0 Å². The Hall–Kier alpha value is -1.49. The number of rotatable bonds is 7. The van der Waals surface area contributed by atoms with E-state index in [1.807, 2.05) is 12.1 Å². The molecule has 1 heterocycles. The molecule has 1 aromatic heterocycles. The van der Waals surface area contributed by atoms with Crippen LogP contribution in [0.1, 0.15) is 18.9 Å². The number of thioether (sulfide) groups is 1. The molecule has 1 N–H and O–H groups in total. The predicted molar refractivity (Wildman–Crippen MR) is 80.4 cm³/mol. The molecule has 0 atom stereocenters. The van der Waals surface area contributed by atoms with Gasteiger partial charge in [0.25, 0.3) is 5.76 Å². The lowest BCUT2D eigenvalue weighted by molar-refractivity contribution is 0.252. The normalized spacial score (nSPS) is 11.0. The Kier molecular flexibility index (Phi) is 5.47. The van der Waals surface area contributed by atoms with Crippen molar-refractivity contribution < 1.29 is 8.78 Å². The van der Waals surface area contributed by atoms with E-state index in [0.29, 0.717) is 16.7 Å². The molecule has 2 aromatic rings. The Balaban J connectivity index is 1.86. The number of anilines is 1. The summed E-state index contributed by atoms with van der Waals surface area (Å²) in [5.41, 5.74) is 2.15. The summed E-state index contributed by atoms with van der Waals surface area (Å²) in [5.74, 6) is -2.37.